The van der Waals surface area contributed by atoms with E-state index in [0.717, 1.165) is 23.9 Å². The second-order valence-electron chi connectivity index (χ2n) is 5.77. The van der Waals surface area contributed by atoms with Crippen LogP contribution < -0.4 is 10.9 Å². The first-order valence-corrected chi connectivity index (χ1v) is 9.31. The number of para-hydroxylation sites is 1. The molecule has 0 radical (unpaired) electrons. The van der Waals surface area contributed by atoms with Crippen molar-refractivity contribution >= 4 is 23.4 Å². The van der Waals surface area contributed by atoms with Crippen molar-refractivity contribution in [2.75, 3.05) is 5.32 Å². The Hall–Kier alpha value is -3.07. The molecule has 28 heavy (non-hydrogen) atoms. The van der Waals surface area contributed by atoms with Crippen LogP contribution in [0.4, 0.5) is 14.5 Å². The maximum absolute atomic E-state index is 13.7. The highest BCUT2D eigenvalue weighted by Gasteiger charge is 2.22. The van der Waals surface area contributed by atoms with Crippen molar-refractivity contribution in [3.05, 3.63) is 70.5 Å². The van der Waals surface area contributed by atoms with Gasteiger partial charge in [-0.1, -0.05) is 55.1 Å². The quantitative estimate of drug-likeness (QED) is 0.615. The molecule has 1 heterocycles. The zero-order valence-electron chi connectivity index (χ0n) is 14.8. The number of nitrogens with one attached hydrogen (secondary N) is 2. The highest BCUT2D eigenvalue weighted by molar-refractivity contribution is 8.00. The van der Waals surface area contributed by atoms with Crippen molar-refractivity contribution in [3.63, 3.8) is 0 Å². The number of amides is 1. The average molecular weight is 402 g/mol. The molecule has 1 aromatic heterocycles. The molecule has 1 amide bonds. The Bertz CT molecular complexity index is 1020. The highest BCUT2D eigenvalue weighted by atomic mass is 32.2. The van der Waals surface area contributed by atoms with Gasteiger partial charge in [-0.2, -0.15) is 0 Å². The number of aromatic nitrogens is 3. The van der Waals surface area contributed by atoms with Crippen LogP contribution in [-0.4, -0.2) is 26.3 Å². The summed E-state index contributed by atoms with van der Waals surface area (Å²) in [4.78, 5) is 27.3. The van der Waals surface area contributed by atoms with Gasteiger partial charge in [-0.15, -0.1) is 10.2 Å². The monoisotopic (exact) mass is 402 g/mol. The minimum Gasteiger partial charge on any atom is -0.320 e. The van der Waals surface area contributed by atoms with Gasteiger partial charge in [0.2, 0.25) is 5.91 Å². The largest absolute Gasteiger partial charge is 0.320 e. The van der Waals surface area contributed by atoms with E-state index in [1.165, 1.54) is 6.07 Å². The molecule has 0 aliphatic rings. The lowest BCUT2D eigenvalue weighted by atomic mass is 10.2. The number of carbonyl (C=O) groups excluding carboxylic acids is 1. The highest BCUT2D eigenvalue weighted by Crippen LogP contribution is 2.25. The fourth-order valence-corrected chi connectivity index (χ4v) is 3.28. The van der Waals surface area contributed by atoms with Crippen molar-refractivity contribution < 1.29 is 13.6 Å². The van der Waals surface area contributed by atoms with E-state index in [4.69, 9.17) is 0 Å². The molecule has 0 bridgehead atoms. The molecule has 144 valence electrons. The summed E-state index contributed by atoms with van der Waals surface area (Å²) in [6.07, 6.45) is 0.344. The van der Waals surface area contributed by atoms with Gasteiger partial charge < -0.3 is 5.32 Å². The number of hydrogen-bond acceptors (Lipinski definition) is 5. The molecule has 0 spiro atoms. The van der Waals surface area contributed by atoms with E-state index in [0.29, 0.717) is 12.0 Å². The van der Waals surface area contributed by atoms with Gasteiger partial charge in [-0.05, 0) is 18.6 Å². The van der Waals surface area contributed by atoms with E-state index in [2.05, 4.69) is 20.5 Å². The molecular formula is C19H16F2N4O2S. The molecule has 0 fully saturated rings. The van der Waals surface area contributed by atoms with Crippen LogP contribution in [0.5, 0.6) is 0 Å². The lowest BCUT2D eigenvalue weighted by molar-refractivity contribution is -0.115. The molecule has 1 unspecified atom stereocenters. The Morgan fingerprint density at radius 1 is 1.11 bits per heavy atom. The van der Waals surface area contributed by atoms with Crippen LogP contribution in [-0.2, 0) is 4.79 Å². The smallest absolute Gasteiger partial charge is 0.278 e. The topological polar surface area (TPSA) is 87.7 Å². The standard InChI is InChI=1S/C19H16F2N4O2S/c1-2-14(17(26)22-16-12(20)9-6-10-13(16)21)28-19-23-18(27)15(24-25-19)11-7-4-3-5-8-11/h3-10,14H,2H2,1H3,(H,22,26)(H,23,25,27). The number of benzene rings is 2. The van der Waals surface area contributed by atoms with Crippen molar-refractivity contribution in [1.29, 1.82) is 0 Å². The zero-order valence-corrected chi connectivity index (χ0v) is 15.6. The van der Waals surface area contributed by atoms with Crippen LogP contribution in [0.15, 0.2) is 58.5 Å². The summed E-state index contributed by atoms with van der Waals surface area (Å²) in [7, 11) is 0. The number of anilines is 1. The molecule has 0 saturated heterocycles. The molecule has 0 saturated carbocycles. The Balaban J connectivity index is 1.77. The second-order valence-corrected chi connectivity index (χ2v) is 6.97. The third-order valence-electron chi connectivity index (χ3n) is 3.85. The fraction of sp³-hybridized carbons (Fsp3) is 0.158. The van der Waals surface area contributed by atoms with Gasteiger partial charge in [-0.3, -0.25) is 14.6 Å². The second kappa shape index (κ2) is 8.75. The van der Waals surface area contributed by atoms with Crippen LogP contribution in [0.2, 0.25) is 0 Å². The number of thioether (sulfide) groups is 1. The SMILES string of the molecule is CCC(Sc1nnc(-c2ccccc2)c(=O)[nH]1)C(=O)Nc1c(F)cccc1F. The van der Waals surface area contributed by atoms with Crippen molar-refractivity contribution in [2.45, 2.75) is 23.8 Å². The molecule has 3 rings (SSSR count). The molecular weight excluding hydrogens is 386 g/mol. The summed E-state index contributed by atoms with van der Waals surface area (Å²) in [5.74, 6) is -2.34. The summed E-state index contributed by atoms with van der Waals surface area (Å²) in [6.45, 7) is 1.73. The number of halogens is 2. The first kappa shape index (κ1) is 19.7. The molecule has 0 aliphatic heterocycles. The molecule has 1 atom stereocenters. The third kappa shape index (κ3) is 4.42. The lowest BCUT2D eigenvalue weighted by Crippen LogP contribution is -2.26. The van der Waals surface area contributed by atoms with Crippen molar-refractivity contribution in [1.82, 2.24) is 15.2 Å². The molecule has 3 aromatic rings. The van der Waals surface area contributed by atoms with Gasteiger partial charge >= 0.3 is 0 Å². The van der Waals surface area contributed by atoms with E-state index in [1.807, 2.05) is 6.07 Å². The Morgan fingerprint density at radius 3 is 2.39 bits per heavy atom. The molecule has 2 aromatic carbocycles. The van der Waals surface area contributed by atoms with Gasteiger partial charge in [-0.25, -0.2) is 8.78 Å². The molecule has 6 nitrogen and oxygen atoms in total. The number of hydrogen-bond donors (Lipinski definition) is 2. The summed E-state index contributed by atoms with van der Waals surface area (Å²) in [5.41, 5.74) is -0.173. The third-order valence-corrected chi connectivity index (χ3v) is 5.09. The van der Waals surface area contributed by atoms with Crippen LogP contribution in [0.25, 0.3) is 11.3 Å². The molecule has 0 aliphatic carbocycles. The number of nitrogens with zero attached hydrogens (tertiary/aromatic N) is 2. The van der Waals surface area contributed by atoms with Crippen LogP contribution in [0, 0.1) is 11.6 Å². The minimum absolute atomic E-state index is 0.140. The zero-order chi connectivity index (χ0) is 20.1. The number of H-pyrrole nitrogens is 1. The van der Waals surface area contributed by atoms with Gasteiger partial charge in [0, 0.05) is 5.56 Å². The fourth-order valence-electron chi connectivity index (χ4n) is 2.44. The summed E-state index contributed by atoms with van der Waals surface area (Å²) in [5, 5.41) is 9.56. The van der Waals surface area contributed by atoms with E-state index in [-0.39, 0.29) is 10.9 Å². The van der Waals surface area contributed by atoms with E-state index in [1.54, 1.807) is 31.2 Å². The Labute approximate surface area is 163 Å². The first-order chi connectivity index (χ1) is 13.5. The normalized spacial score (nSPS) is 11.8. The Kier molecular flexibility index (Phi) is 6.15. The summed E-state index contributed by atoms with van der Waals surface area (Å²) < 4.78 is 27.5. The van der Waals surface area contributed by atoms with Crippen LogP contribution in [0.3, 0.4) is 0 Å². The molecule has 9 heteroatoms. The summed E-state index contributed by atoms with van der Waals surface area (Å²) >= 11 is 0.960. The van der Waals surface area contributed by atoms with Gasteiger partial charge in [0.05, 0.1) is 5.25 Å². The summed E-state index contributed by atoms with van der Waals surface area (Å²) in [6, 6.07) is 12.2. The van der Waals surface area contributed by atoms with Crippen molar-refractivity contribution in [2.24, 2.45) is 0 Å². The van der Waals surface area contributed by atoms with Crippen molar-refractivity contribution in [3.8, 4) is 11.3 Å². The molecule has 2 N–H and O–H groups in total. The predicted molar refractivity (Wildman–Crippen MR) is 103 cm³/mol. The minimum atomic E-state index is -0.867. The van der Waals surface area contributed by atoms with Crippen LogP contribution >= 0.6 is 11.8 Å². The van der Waals surface area contributed by atoms with Gasteiger partial charge in [0.1, 0.15) is 17.3 Å². The van der Waals surface area contributed by atoms with E-state index < -0.39 is 34.0 Å². The van der Waals surface area contributed by atoms with E-state index >= 15 is 0 Å². The number of rotatable bonds is 6. The average Bonchev–Trinajstić information content (AvgIpc) is 2.69. The maximum Gasteiger partial charge on any atom is 0.278 e. The van der Waals surface area contributed by atoms with Gasteiger partial charge in [0.25, 0.3) is 5.56 Å². The first-order valence-electron chi connectivity index (χ1n) is 8.43. The number of carbonyl (C=O) groups is 1. The maximum atomic E-state index is 13.7. The Morgan fingerprint density at radius 2 is 1.79 bits per heavy atom. The predicted octanol–water partition coefficient (Wildman–Crippen LogP) is 3.62. The number of aromatic amines is 1. The van der Waals surface area contributed by atoms with Gasteiger partial charge in [0.15, 0.2) is 10.9 Å². The lowest BCUT2D eigenvalue weighted by Gasteiger charge is -2.14. The van der Waals surface area contributed by atoms with E-state index in [9.17, 15) is 18.4 Å². The van der Waals surface area contributed by atoms with Crippen LogP contribution in [0.1, 0.15) is 13.3 Å².